The van der Waals surface area contributed by atoms with Gasteiger partial charge in [-0.2, -0.15) is 0 Å². The highest BCUT2D eigenvalue weighted by Crippen LogP contribution is 2.40. The number of amides is 2. The second kappa shape index (κ2) is 12.0. The summed E-state index contributed by atoms with van der Waals surface area (Å²) >= 11 is 0. The Balaban J connectivity index is 1.67. The van der Waals surface area contributed by atoms with Gasteiger partial charge >= 0.3 is 0 Å². The Kier molecular flexibility index (Phi) is 8.55. The maximum atomic E-state index is 13.6. The summed E-state index contributed by atoms with van der Waals surface area (Å²) in [5.74, 6) is 1.83. The molecule has 1 aliphatic heterocycles. The number of pyridine rings is 1. The van der Waals surface area contributed by atoms with Gasteiger partial charge in [-0.3, -0.25) is 9.59 Å². The van der Waals surface area contributed by atoms with Crippen molar-refractivity contribution in [3.05, 3.63) is 48.0 Å². The van der Waals surface area contributed by atoms with Crippen LogP contribution in [0.5, 0.6) is 17.2 Å². The molecule has 1 fully saturated rings. The van der Waals surface area contributed by atoms with E-state index in [9.17, 15) is 9.59 Å². The van der Waals surface area contributed by atoms with E-state index in [4.69, 9.17) is 19.2 Å². The van der Waals surface area contributed by atoms with E-state index in [0.29, 0.717) is 54.0 Å². The zero-order valence-corrected chi connectivity index (χ0v) is 22.7. The second-order valence-corrected chi connectivity index (χ2v) is 9.21. The Hall–Kier alpha value is -4.01. The predicted octanol–water partition coefficient (Wildman–Crippen LogP) is 4.60. The molecule has 0 saturated carbocycles. The van der Waals surface area contributed by atoms with Crippen LogP contribution in [0.4, 0.5) is 11.5 Å². The van der Waals surface area contributed by atoms with Gasteiger partial charge in [-0.1, -0.05) is 18.2 Å². The number of anilines is 2. The van der Waals surface area contributed by atoms with E-state index in [0.717, 1.165) is 30.3 Å². The zero-order valence-electron chi connectivity index (χ0n) is 22.7. The van der Waals surface area contributed by atoms with Crippen molar-refractivity contribution in [3.8, 4) is 17.2 Å². The zero-order chi connectivity index (χ0) is 27.2. The van der Waals surface area contributed by atoms with Gasteiger partial charge in [0.2, 0.25) is 11.7 Å². The van der Waals surface area contributed by atoms with Crippen LogP contribution in [0.15, 0.2) is 42.5 Å². The number of carbonyl (C=O) groups is 2. The molecular formula is C29H36N4O5. The van der Waals surface area contributed by atoms with Crippen LogP contribution < -0.4 is 24.4 Å². The Morgan fingerprint density at radius 2 is 1.71 bits per heavy atom. The lowest BCUT2D eigenvalue weighted by Gasteiger charge is -2.35. The van der Waals surface area contributed by atoms with Crippen LogP contribution in [0, 0.1) is 5.92 Å². The maximum absolute atomic E-state index is 13.6. The molecular weight excluding hydrogens is 484 g/mol. The average molecular weight is 521 g/mol. The molecule has 1 N–H and O–H groups in total. The van der Waals surface area contributed by atoms with E-state index in [1.54, 1.807) is 12.1 Å². The first-order valence-electron chi connectivity index (χ1n) is 13.0. The van der Waals surface area contributed by atoms with Crippen LogP contribution in [0.25, 0.3) is 10.9 Å². The topological polar surface area (TPSA) is 93.2 Å². The van der Waals surface area contributed by atoms with E-state index >= 15 is 0 Å². The molecule has 0 spiro atoms. The van der Waals surface area contributed by atoms with E-state index in [-0.39, 0.29) is 17.7 Å². The summed E-state index contributed by atoms with van der Waals surface area (Å²) in [6.45, 7) is 6.77. The molecule has 2 amide bonds. The van der Waals surface area contributed by atoms with Crippen LogP contribution in [0.3, 0.4) is 0 Å². The van der Waals surface area contributed by atoms with Gasteiger partial charge in [0.25, 0.3) is 5.91 Å². The van der Waals surface area contributed by atoms with Crippen molar-refractivity contribution in [2.24, 2.45) is 5.92 Å². The quantitative estimate of drug-likeness (QED) is 0.441. The summed E-state index contributed by atoms with van der Waals surface area (Å²) in [5.41, 5.74) is 1.73. The molecule has 1 aromatic heterocycles. The van der Waals surface area contributed by atoms with Crippen LogP contribution in [0.1, 0.15) is 37.0 Å². The van der Waals surface area contributed by atoms with Gasteiger partial charge in [0.15, 0.2) is 11.5 Å². The molecule has 1 unspecified atom stereocenters. The molecule has 38 heavy (non-hydrogen) atoms. The Labute approximate surface area is 223 Å². The molecule has 2 aromatic carbocycles. The number of piperidine rings is 1. The van der Waals surface area contributed by atoms with Gasteiger partial charge in [-0.05, 0) is 38.8 Å². The van der Waals surface area contributed by atoms with Crippen molar-refractivity contribution in [1.82, 2.24) is 9.88 Å². The number of hydrogen-bond acceptors (Lipinski definition) is 7. The Bertz CT molecular complexity index is 1280. The Morgan fingerprint density at radius 1 is 1.03 bits per heavy atom. The van der Waals surface area contributed by atoms with Gasteiger partial charge < -0.3 is 29.3 Å². The highest BCUT2D eigenvalue weighted by molar-refractivity contribution is 6.13. The van der Waals surface area contributed by atoms with Crippen molar-refractivity contribution in [2.75, 3.05) is 57.7 Å². The normalized spacial score (nSPS) is 15.2. The van der Waals surface area contributed by atoms with Crippen molar-refractivity contribution in [2.45, 2.75) is 26.7 Å². The molecule has 0 radical (unpaired) electrons. The number of nitrogens with one attached hydrogen (secondary N) is 1. The van der Waals surface area contributed by atoms with Crippen LogP contribution in [0.2, 0.25) is 0 Å². The summed E-state index contributed by atoms with van der Waals surface area (Å²) in [6, 6.07) is 12.8. The fourth-order valence-electron chi connectivity index (χ4n) is 5.04. The summed E-state index contributed by atoms with van der Waals surface area (Å²) in [5, 5.41) is 3.72. The first kappa shape index (κ1) is 27.0. The van der Waals surface area contributed by atoms with Crippen molar-refractivity contribution >= 4 is 34.2 Å². The lowest BCUT2D eigenvalue weighted by molar-refractivity contribution is -0.135. The average Bonchev–Trinajstić information content (AvgIpc) is 2.96. The first-order chi connectivity index (χ1) is 18.4. The number of nitrogens with zero attached hydrogens (tertiary/aromatic N) is 3. The largest absolute Gasteiger partial charge is 0.493 e. The van der Waals surface area contributed by atoms with Crippen LogP contribution in [-0.2, 0) is 4.79 Å². The van der Waals surface area contributed by atoms with E-state index < -0.39 is 0 Å². The standard InChI is InChI=1S/C29H36N4O5/c1-6-32(7-2)29(35)19-11-10-14-33(18-19)26-17-22(21-12-8-9-13-23(21)31-26)28(34)30-20-15-24(36-3)27(38-5)25(16-20)37-4/h8-9,12-13,15-17,19H,6-7,10-11,14,18H2,1-5H3,(H,30,34). The number of fused-ring (bicyclic) bond motifs is 1. The molecule has 9 nitrogen and oxygen atoms in total. The minimum atomic E-state index is -0.285. The molecule has 3 aromatic rings. The number of para-hydroxylation sites is 1. The third-order valence-corrected chi connectivity index (χ3v) is 7.04. The van der Waals surface area contributed by atoms with E-state index in [1.165, 1.54) is 21.3 Å². The van der Waals surface area contributed by atoms with E-state index in [1.807, 2.05) is 49.1 Å². The van der Waals surface area contributed by atoms with Gasteiger partial charge in [-0.25, -0.2) is 4.98 Å². The van der Waals surface area contributed by atoms with E-state index in [2.05, 4.69) is 10.2 Å². The SMILES string of the molecule is CCN(CC)C(=O)C1CCCN(c2cc(C(=O)Nc3cc(OC)c(OC)c(OC)c3)c3ccccc3n2)C1. The predicted molar refractivity (Wildman–Crippen MR) is 149 cm³/mol. The fourth-order valence-corrected chi connectivity index (χ4v) is 5.04. The number of hydrogen-bond donors (Lipinski definition) is 1. The fraction of sp³-hybridized carbons (Fsp3) is 0.414. The summed E-state index contributed by atoms with van der Waals surface area (Å²) in [7, 11) is 4.59. The smallest absolute Gasteiger partial charge is 0.256 e. The van der Waals surface area contributed by atoms with Gasteiger partial charge in [-0.15, -0.1) is 0 Å². The molecule has 0 aliphatic carbocycles. The van der Waals surface area contributed by atoms with Gasteiger partial charge in [0.05, 0.1) is 38.3 Å². The lowest BCUT2D eigenvalue weighted by atomic mass is 9.96. The minimum Gasteiger partial charge on any atom is -0.493 e. The lowest BCUT2D eigenvalue weighted by Crippen LogP contribution is -2.45. The molecule has 4 rings (SSSR count). The number of ether oxygens (including phenoxy) is 3. The monoisotopic (exact) mass is 520 g/mol. The highest BCUT2D eigenvalue weighted by Gasteiger charge is 2.29. The highest BCUT2D eigenvalue weighted by atomic mass is 16.5. The van der Waals surface area contributed by atoms with Crippen molar-refractivity contribution < 1.29 is 23.8 Å². The molecule has 0 bridgehead atoms. The molecule has 1 aliphatic rings. The van der Waals surface area contributed by atoms with Crippen molar-refractivity contribution in [3.63, 3.8) is 0 Å². The minimum absolute atomic E-state index is 0.0894. The Morgan fingerprint density at radius 3 is 2.34 bits per heavy atom. The molecule has 1 atom stereocenters. The third-order valence-electron chi connectivity index (χ3n) is 7.04. The number of carbonyl (C=O) groups excluding carboxylic acids is 2. The molecule has 2 heterocycles. The number of aromatic nitrogens is 1. The second-order valence-electron chi connectivity index (χ2n) is 9.21. The summed E-state index contributed by atoms with van der Waals surface area (Å²) in [6.07, 6.45) is 1.74. The number of methoxy groups -OCH3 is 3. The molecule has 9 heteroatoms. The van der Waals surface area contributed by atoms with Gasteiger partial charge in [0, 0.05) is 49.4 Å². The third kappa shape index (κ3) is 5.46. The summed E-state index contributed by atoms with van der Waals surface area (Å²) in [4.78, 5) is 35.6. The van der Waals surface area contributed by atoms with Crippen LogP contribution in [-0.4, -0.2) is 69.2 Å². The number of rotatable bonds is 9. The maximum Gasteiger partial charge on any atom is 0.256 e. The number of benzene rings is 2. The molecule has 1 saturated heterocycles. The van der Waals surface area contributed by atoms with Gasteiger partial charge in [0.1, 0.15) is 5.82 Å². The van der Waals surface area contributed by atoms with Crippen molar-refractivity contribution in [1.29, 1.82) is 0 Å². The summed E-state index contributed by atoms with van der Waals surface area (Å²) < 4.78 is 16.3. The van der Waals surface area contributed by atoms with Crippen LogP contribution >= 0.6 is 0 Å². The molecule has 202 valence electrons. The first-order valence-corrected chi connectivity index (χ1v) is 13.0.